The molecule has 1 aliphatic heterocycles. The number of hydrogen-bond donors (Lipinski definition) is 3. The van der Waals surface area contributed by atoms with Gasteiger partial charge in [-0.15, -0.1) is 5.10 Å². The summed E-state index contributed by atoms with van der Waals surface area (Å²) in [7, 11) is 0. The first-order chi connectivity index (χ1) is 9.74. The smallest absolute Gasteiger partial charge is 0.364 e. The Morgan fingerprint density at radius 3 is 3.10 bits per heavy atom. The molecule has 20 heavy (non-hydrogen) atoms. The van der Waals surface area contributed by atoms with Crippen molar-refractivity contribution in [3.63, 3.8) is 0 Å². The van der Waals surface area contributed by atoms with Crippen LogP contribution in [0.15, 0.2) is 16.9 Å². The Morgan fingerprint density at radius 2 is 2.30 bits per heavy atom. The van der Waals surface area contributed by atoms with Crippen LogP contribution in [0.1, 0.15) is 32.1 Å². The van der Waals surface area contributed by atoms with Gasteiger partial charge in [0.1, 0.15) is 5.82 Å². The monoisotopic (exact) mass is 274 g/mol. The maximum Gasteiger partial charge on any atom is 0.364 e. The average Bonchev–Trinajstić information content (AvgIpc) is 2.79. The number of aromatic nitrogens is 4. The highest BCUT2D eigenvalue weighted by atomic mass is 16.2. The molecule has 0 amide bonds. The molecule has 1 spiro atoms. The zero-order valence-electron chi connectivity index (χ0n) is 11.2. The van der Waals surface area contributed by atoms with Crippen molar-refractivity contribution in [2.75, 3.05) is 11.9 Å². The van der Waals surface area contributed by atoms with Crippen LogP contribution in [0, 0.1) is 0 Å². The van der Waals surface area contributed by atoms with Gasteiger partial charge in [-0.1, -0.05) is 0 Å². The quantitative estimate of drug-likeness (QED) is 0.742. The van der Waals surface area contributed by atoms with Crippen LogP contribution in [0.25, 0.3) is 5.65 Å². The Kier molecular flexibility index (Phi) is 2.56. The molecule has 106 valence electrons. The molecule has 1 unspecified atom stereocenters. The average molecular weight is 274 g/mol. The van der Waals surface area contributed by atoms with Crippen molar-refractivity contribution in [1.82, 2.24) is 25.1 Å². The molecule has 7 nitrogen and oxygen atoms in total. The molecule has 0 bridgehead atoms. The minimum Gasteiger partial charge on any atom is -0.366 e. The maximum absolute atomic E-state index is 11.5. The number of H-pyrrole nitrogens is 1. The zero-order chi connectivity index (χ0) is 13.6. The van der Waals surface area contributed by atoms with E-state index < -0.39 is 0 Å². The fraction of sp³-hybridized carbons (Fsp3) is 0.615. The fourth-order valence-electron chi connectivity index (χ4n) is 3.35. The number of nitrogens with one attached hydrogen (secondary N) is 3. The number of hydrogen-bond acceptors (Lipinski definition) is 5. The summed E-state index contributed by atoms with van der Waals surface area (Å²) in [6.45, 7) is 1.05. The largest absolute Gasteiger partial charge is 0.366 e. The molecule has 4 rings (SSSR count). The summed E-state index contributed by atoms with van der Waals surface area (Å²) in [6.07, 6.45) is 6.10. The summed E-state index contributed by atoms with van der Waals surface area (Å²) < 4.78 is 1.29. The van der Waals surface area contributed by atoms with Gasteiger partial charge in [0, 0.05) is 11.6 Å². The number of fused-ring (bicyclic) bond motifs is 1. The van der Waals surface area contributed by atoms with Gasteiger partial charge in [0.25, 0.3) is 0 Å². The van der Waals surface area contributed by atoms with Crippen LogP contribution in [0.2, 0.25) is 0 Å². The van der Waals surface area contributed by atoms with Crippen LogP contribution in [0.5, 0.6) is 0 Å². The van der Waals surface area contributed by atoms with Crippen LogP contribution in [-0.4, -0.2) is 37.9 Å². The molecule has 1 aliphatic carbocycles. The molecule has 1 atom stereocenters. The summed E-state index contributed by atoms with van der Waals surface area (Å²) in [5, 5.41) is 17.7. The molecular formula is C13H18N6O. The van der Waals surface area contributed by atoms with Gasteiger partial charge in [-0.25, -0.2) is 9.89 Å². The molecule has 0 radical (unpaired) electrons. The highest BCUT2D eigenvalue weighted by Crippen LogP contribution is 2.38. The van der Waals surface area contributed by atoms with Gasteiger partial charge < -0.3 is 10.6 Å². The van der Waals surface area contributed by atoms with E-state index in [1.54, 1.807) is 6.07 Å². The number of piperidine rings is 1. The second kappa shape index (κ2) is 4.31. The van der Waals surface area contributed by atoms with Crippen LogP contribution >= 0.6 is 0 Å². The van der Waals surface area contributed by atoms with Crippen molar-refractivity contribution >= 4 is 11.5 Å². The molecule has 3 N–H and O–H groups in total. The number of nitrogens with zero attached hydrogens (tertiary/aromatic N) is 3. The van der Waals surface area contributed by atoms with Crippen LogP contribution in [0.3, 0.4) is 0 Å². The predicted octanol–water partition coefficient (Wildman–Crippen LogP) is 0.504. The number of anilines is 1. The Morgan fingerprint density at radius 1 is 1.40 bits per heavy atom. The summed E-state index contributed by atoms with van der Waals surface area (Å²) in [5.74, 6) is 0.738. The van der Waals surface area contributed by atoms with E-state index in [4.69, 9.17) is 0 Å². The van der Waals surface area contributed by atoms with Crippen molar-refractivity contribution in [2.24, 2.45) is 0 Å². The summed E-state index contributed by atoms with van der Waals surface area (Å²) in [4.78, 5) is 11.5. The van der Waals surface area contributed by atoms with Crippen molar-refractivity contribution in [3.8, 4) is 0 Å². The summed E-state index contributed by atoms with van der Waals surface area (Å²) in [5.41, 5.74) is 0.595. The molecule has 0 aromatic carbocycles. The van der Waals surface area contributed by atoms with E-state index in [2.05, 4.69) is 25.9 Å². The van der Waals surface area contributed by atoms with E-state index in [1.165, 1.54) is 23.8 Å². The molecule has 2 aliphatic rings. The lowest BCUT2D eigenvalue weighted by Crippen LogP contribution is -2.58. The van der Waals surface area contributed by atoms with Gasteiger partial charge in [-0.05, 0) is 50.8 Å². The van der Waals surface area contributed by atoms with Gasteiger partial charge in [-0.2, -0.15) is 9.61 Å². The Bertz CT molecular complexity index is 685. The minimum absolute atomic E-state index is 0.301. The van der Waals surface area contributed by atoms with Gasteiger partial charge in [0.05, 0.1) is 0 Å². The highest BCUT2D eigenvalue weighted by Gasteiger charge is 2.40. The van der Waals surface area contributed by atoms with Crippen molar-refractivity contribution in [1.29, 1.82) is 0 Å². The van der Waals surface area contributed by atoms with E-state index in [-0.39, 0.29) is 5.69 Å². The topological polar surface area (TPSA) is 87.1 Å². The van der Waals surface area contributed by atoms with Crippen LogP contribution < -0.4 is 16.3 Å². The van der Waals surface area contributed by atoms with E-state index in [0.717, 1.165) is 25.2 Å². The lowest BCUT2D eigenvalue weighted by Gasteiger charge is -2.48. The zero-order valence-corrected chi connectivity index (χ0v) is 11.2. The third-order valence-electron chi connectivity index (χ3n) is 4.57. The third kappa shape index (κ3) is 1.89. The summed E-state index contributed by atoms with van der Waals surface area (Å²) in [6, 6.07) is 4.10. The fourth-order valence-corrected chi connectivity index (χ4v) is 3.35. The molecule has 2 fully saturated rings. The Balaban J connectivity index is 1.54. The molecule has 7 heteroatoms. The normalized spacial score (nSPS) is 24.7. The second-order valence-electron chi connectivity index (χ2n) is 5.91. The molecule has 1 saturated heterocycles. The van der Waals surface area contributed by atoms with Crippen LogP contribution in [-0.2, 0) is 0 Å². The van der Waals surface area contributed by atoms with E-state index in [0.29, 0.717) is 17.2 Å². The first kappa shape index (κ1) is 11.9. The molecule has 1 saturated carbocycles. The molecule has 2 aromatic rings. The standard InChI is InChI=1S/C13H18N6O/c20-12-17-16-11-3-2-10(18-19(11)12)15-9-4-7-14-13(8-9)5-1-6-13/h2-3,9,14H,1,4-8H2,(H,15,18)(H,17,20). The maximum atomic E-state index is 11.5. The first-order valence-corrected chi connectivity index (χ1v) is 7.20. The van der Waals surface area contributed by atoms with Gasteiger partial charge >= 0.3 is 5.69 Å². The summed E-state index contributed by atoms with van der Waals surface area (Å²) >= 11 is 0. The molecule has 3 heterocycles. The first-order valence-electron chi connectivity index (χ1n) is 7.20. The lowest BCUT2D eigenvalue weighted by atomic mass is 9.70. The Labute approximate surface area is 115 Å². The van der Waals surface area contributed by atoms with E-state index >= 15 is 0 Å². The molecular weight excluding hydrogens is 256 g/mol. The second-order valence-corrected chi connectivity index (χ2v) is 5.91. The SMILES string of the molecule is O=c1[nH]nc2ccc(NC3CCNC4(CCC4)C3)nn12. The predicted molar refractivity (Wildman–Crippen MR) is 74.8 cm³/mol. The Hall–Kier alpha value is -1.89. The third-order valence-corrected chi connectivity index (χ3v) is 4.57. The number of aromatic amines is 1. The molecule has 2 aromatic heterocycles. The van der Waals surface area contributed by atoms with Crippen molar-refractivity contribution in [3.05, 3.63) is 22.6 Å². The van der Waals surface area contributed by atoms with Gasteiger partial charge in [0.2, 0.25) is 0 Å². The number of rotatable bonds is 2. The van der Waals surface area contributed by atoms with E-state index in [1.807, 2.05) is 6.07 Å². The van der Waals surface area contributed by atoms with Crippen molar-refractivity contribution in [2.45, 2.75) is 43.7 Å². The van der Waals surface area contributed by atoms with Crippen molar-refractivity contribution < 1.29 is 0 Å². The van der Waals surface area contributed by atoms with Gasteiger partial charge in [0.15, 0.2) is 5.65 Å². The highest BCUT2D eigenvalue weighted by molar-refractivity contribution is 5.43. The minimum atomic E-state index is -0.301. The van der Waals surface area contributed by atoms with E-state index in [9.17, 15) is 4.79 Å². The van der Waals surface area contributed by atoms with Gasteiger partial charge in [-0.3, -0.25) is 0 Å². The van der Waals surface area contributed by atoms with Crippen LogP contribution in [0.4, 0.5) is 5.82 Å². The lowest BCUT2D eigenvalue weighted by molar-refractivity contribution is 0.135.